The van der Waals surface area contributed by atoms with E-state index in [1.807, 2.05) is 11.0 Å². The molecule has 4 heteroatoms. The van der Waals surface area contributed by atoms with Gasteiger partial charge in [-0.05, 0) is 25.0 Å². The lowest BCUT2D eigenvalue weighted by Crippen LogP contribution is -2.32. The lowest BCUT2D eigenvalue weighted by Gasteiger charge is -2.15. The first-order chi connectivity index (χ1) is 7.75. The van der Waals surface area contributed by atoms with Crippen molar-refractivity contribution in [3.8, 4) is 5.75 Å². The Balaban J connectivity index is 1.84. The quantitative estimate of drug-likeness (QED) is 0.780. The summed E-state index contributed by atoms with van der Waals surface area (Å²) in [5, 5.41) is 0. The number of anilines is 1. The number of rotatable bonds is 3. The predicted octanol–water partition coefficient (Wildman–Crippen LogP) is 1.27. The fraction of sp³-hybridized carbons (Fsp3) is 0.417. The minimum atomic E-state index is 0.0555. The number of likely N-dealkylation sites (tertiary alicyclic amines) is 1. The number of nitrogen functional groups attached to an aromatic ring is 1. The van der Waals surface area contributed by atoms with Crippen molar-refractivity contribution in [2.24, 2.45) is 0 Å². The molecule has 1 aromatic rings. The van der Waals surface area contributed by atoms with Crippen molar-refractivity contribution in [2.45, 2.75) is 12.8 Å². The summed E-state index contributed by atoms with van der Waals surface area (Å²) in [7, 11) is 0. The maximum atomic E-state index is 11.7. The Labute approximate surface area is 95.0 Å². The number of ether oxygens (including phenoxy) is 1. The van der Waals surface area contributed by atoms with E-state index in [4.69, 9.17) is 10.5 Å². The molecule has 1 aliphatic heterocycles. The van der Waals surface area contributed by atoms with E-state index in [-0.39, 0.29) is 12.5 Å². The van der Waals surface area contributed by atoms with E-state index < -0.39 is 0 Å². The summed E-state index contributed by atoms with van der Waals surface area (Å²) in [5.41, 5.74) is 6.26. The zero-order valence-corrected chi connectivity index (χ0v) is 9.19. The Hall–Kier alpha value is -1.71. The van der Waals surface area contributed by atoms with Gasteiger partial charge in [-0.2, -0.15) is 0 Å². The number of nitrogens with zero attached hydrogens (tertiary/aromatic N) is 1. The molecule has 0 unspecified atom stereocenters. The largest absolute Gasteiger partial charge is 0.484 e. The summed E-state index contributed by atoms with van der Waals surface area (Å²) >= 11 is 0. The SMILES string of the molecule is Nc1cccc(OCC(=O)N2CCCC2)c1. The molecule has 0 radical (unpaired) electrons. The third kappa shape index (κ3) is 2.66. The average Bonchev–Trinajstić information content (AvgIpc) is 2.79. The van der Waals surface area contributed by atoms with Crippen LogP contribution in [0.25, 0.3) is 0 Å². The minimum absolute atomic E-state index is 0.0555. The monoisotopic (exact) mass is 220 g/mol. The van der Waals surface area contributed by atoms with E-state index >= 15 is 0 Å². The molecule has 1 aliphatic rings. The third-order valence-electron chi connectivity index (χ3n) is 2.68. The molecule has 1 amide bonds. The molecule has 0 aliphatic carbocycles. The van der Waals surface area contributed by atoms with Gasteiger partial charge in [-0.15, -0.1) is 0 Å². The van der Waals surface area contributed by atoms with Crippen LogP contribution in [-0.4, -0.2) is 30.5 Å². The van der Waals surface area contributed by atoms with Crippen LogP contribution in [0, 0.1) is 0 Å². The minimum Gasteiger partial charge on any atom is -0.484 e. The molecule has 0 saturated carbocycles. The average molecular weight is 220 g/mol. The summed E-state index contributed by atoms with van der Waals surface area (Å²) in [5.74, 6) is 0.701. The molecule has 1 fully saturated rings. The van der Waals surface area contributed by atoms with Gasteiger partial charge in [0.2, 0.25) is 0 Å². The van der Waals surface area contributed by atoms with Crippen LogP contribution < -0.4 is 10.5 Å². The van der Waals surface area contributed by atoms with E-state index in [0.717, 1.165) is 25.9 Å². The Morgan fingerprint density at radius 1 is 1.38 bits per heavy atom. The van der Waals surface area contributed by atoms with Gasteiger partial charge in [-0.1, -0.05) is 6.07 Å². The number of carbonyl (C=O) groups excluding carboxylic acids is 1. The second kappa shape index (κ2) is 4.88. The number of hydrogen-bond donors (Lipinski definition) is 1. The van der Waals surface area contributed by atoms with Crippen LogP contribution in [0.4, 0.5) is 5.69 Å². The summed E-state index contributed by atoms with van der Waals surface area (Å²) < 4.78 is 5.39. The van der Waals surface area contributed by atoms with Gasteiger partial charge in [0.05, 0.1) is 0 Å². The molecule has 86 valence electrons. The van der Waals surface area contributed by atoms with Crippen molar-refractivity contribution < 1.29 is 9.53 Å². The molecule has 0 spiro atoms. The summed E-state index contributed by atoms with van der Waals surface area (Å²) in [4.78, 5) is 13.5. The van der Waals surface area contributed by atoms with E-state index in [2.05, 4.69) is 0 Å². The Bertz CT molecular complexity index is 373. The van der Waals surface area contributed by atoms with Crippen molar-refractivity contribution >= 4 is 11.6 Å². The highest BCUT2D eigenvalue weighted by atomic mass is 16.5. The van der Waals surface area contributed by atoms with Crippen molar-refractivity contribution in [1.82, 2.24) is 4.90 Å². The first-order valence-corrected chi connectivity index (χ1v) is 5.52. The van der Waals surface area contributed by atoms with Gasteiger partial charge in [0.15, 0.2) is 6.61 Å². The third-order valence-corrected chi connectivity index (χ3v) is 2.68. The Kier molecular flexibility index (Phi) is 3.29. The Morgan fingerprint density at radius 2 is 2.12 bits per heavy atom. The second-order valence-electron chi connectivity index (χ2n) is 3.95. The summed E-state index contributed by atoms with van der Waals surface area (Å²) in [6.07, 6.45) is 2.20. The van der Waals surface area contributed by atoms with E-state index in [9.17, 15) is 4.79 Å². The highest BCUT2D eigenvalue weighted by molar-refractivity contribution is 5.78. The highest BCUT2D eigenvalue weighted by Crippen LogP contribution is 2.15. The van der Waals surface area contributed by atoms with Gasteiger partial charge in [-0.25, -0.2) is 0 Å². The molecule has 0 aromatic heterocycles. The molecular weight excluding hydrogens is 204 g/mol. The number of benzene rings is 1. The summed E-state index contributed by atoms with van der Waals surface area (Å²) in [6.45, 7) is 1.82. The lowest BCUT2D eigenvalue weighted by atomic mass is 10.3. The van der Waals surface area contributed by atoms with Crippen LogP contribution in [0.5, 0.6) is 5.75 Å². The lowest BCUT2D eigenvalue weighted by molar-refractivity contribution is -0.132. The standard InChI is InChI=1S/C12H16N2O2/c13-10-4-3-5-11(8-10)16-9-12(15)14-6-1-2-7-14/h3-5,8H,1-2,6-7,9,13H2. The topological polar surface area (TPSA) is 55.6 Å². The first kappa shape index (κ1) is 10.8. The fourth-order valence-electron chi connectivity index (χ4n) is 1.81. The predicted molar refractivity (Wildman–Crippen MR) is 62.2 cm³/mol. The fourth-order valence-corrected chi connectivity index (χ4v) is 1.81. The van der Waals surface area contributed by atoms with E-state index in [0.29, 0.717) is 11.4 Å². The zero-order valence-electron chi connectivity index (χ0n) is 9.19. The van der Waals surface area contributed by atoms with Gasteiger partial charge in [0, 0.05) is 24.8 Å². The maximum Gasteiger partial charge on any atom is 0.260 e. The summed E-state index contributed by atoms with van der Waals surface area (Å²) in [6, 6.07) is 7.12. The van der Waals surface area contributed by atoms with E-state index in [1.165, 1.54) is 0 Å². The molecule has 4 nitrogen and oxygen atoms in total. The Morgan fingerprint density at radius 3 is 2.81 bits per heavy atom. The van der Waals surface area contributed by atoms with Gasteiger partial charge in [-0.3, -0.25) is 4.79 Å². The van der Waals surface area contributed by atoms with Gasteiger partial charge in [0.1, 0.15) is 5.75 Å². The van der Waals surface area contributed by atoms with Crippen molar-refractivity contribution in [3.63, 3.8) is 0 Å². The van der Waals surface area contributed by atoms with Crippen LogP contribution in [0.1, 0.15) is 12.8 Å². The van der Waals surface area contributed by atoms with Crippen molar-refractivity contribution in [1.29, 1.82) is 0 Å². The van der Waals surface area contributed by atoms with Crippen molar-refractivity contribution in [3.05, 3.63) is 24.3 Å². The van der Waals surface area contributed by atoms with E-state index in [1.54, 1.807) is 18.2 Å². The maximum absolute atomic E-state index is 11.7. The molecule has 1 aromatic carbocycles. The zero-order chi connectivity index (χ0) is 11.4. The van der Waals surface area contributed by atoms with Gasteiger partial charge >= 0.3 is 0 Å². The van der Waals surface area contributed by atoms with Crippen LogP contribution >= 0.6 is 0 Å². The molecule has 2 rings (SSSR count). The molecule has 1 saturated heterocycles. The van der Waals surface area contributed by atoms with Crippen LogP contribution in [-0.2, 0) is 4.79 Å². The number of nitrogens with two attached hydrogens (primary N) is 1. The van der Waals surface area contributed by atoms with Crippen LogP contribution in [0.2, 0.25) is 0 Å². The molecule has 0 atom stereocenters. The molecular formula is C12H16N2O2. The molecule has 0 bridgehead atoms. The van der Waals surface area contributed by atoms with Crippen LogP contribution in [0.3, 0.4) is 0 Å². The smallest absolute Gasteiger partial charge is 0.260 e. The van der Waals surface area contributed by atoms with Gasteiger partial charge < -0.3 is 15.4 Å². The first-order valence-electron chi connectivity index (χ1n) is 5.52. The molecule has 2 N–H and O–H groups in total. The van der Waals surface area contributed by atoms with Crippen LogP contribution in [0.15, 0.2) is 24.3 Å². The number of hydrogen-bond acceptors (Lipinski definition) is 3. The molecule has 1 heterocycles. The second-order valence-corrected chi connectivity index (χ2v) is 3.95. The number of carbonyl (C=O) groups is 1. The number of amides is 1. The van der Waals surface area contributed by atoms with Gasteiger partial charge in [0.25, 0.3) is 5.91 Å². The molecule has 16 heavy (non-hydrogen) atoms. The highest BCUT2D eigenvalue weighted by Gasteiger charge is 2.17. The van der Waals surface area contributed by atoms with Crippen molar-refractivity contribution in [2.75, 3.05) is 25.4 Å². The normalized spacial score (nSPS) is 15.1.